The molecule has 1 aliphatic heterocycles. The van der Waals surface area contributed by atoms with Crippen LogP contribution in [0, 0.1) is 11.6 Å². The maximum absolute atomic E-state index is 14.4. The molecule has 0 aliphatic carbocycles. The van der Waals surface area contributed by atoms with E-state index in [-0.39, 0.29) is 0 Å². The summed E-state index contributed by atoms with van der Waals surface area (Å²) in [5.74, 6) is -0.752. The van der Waals surface area contributed by atoms with Gasteiger partial charge in [0.05, 0.1) is 11.8 Å². The molecule has 4 aromatic rings. The highest BCUT2D eigenvalue weighted by molar-refractivity contribution is 5.87. The molecular weight excluding hydrogens is 298 g/mol. The monoisotopic (exact) mass is 312 g/mol. The van der Waals surface area contributed by atoms with E-state index in [1.165, 1.54) is 6.07 Å². The summed E-state index contributed by atoms with van der Waals surface area (Å²) >= 11 is 0. The lowest BCUT2D eigenvalue weighted by atomic mass is 10.1. The van der Waals surface area contributed by atoms with E-state index in [0.29, 0.717) is 17.6 Å². The SMILES string of the molecule is Fc1ccc2c(c1F)n1c3c(c(-c4ccco4)cn23)CCCC1. The summed E-state index contributed by atoms with van der Waals surface area (Å²) < 4.78 is 37.6. The van der Waals surface area contributed by atoms with E-state index in [1.807, 2.05) is 27.3 Å². The average Bonchev–Trinajstić information content (AvgIpc) is 3.20. The number of aryl methyl sites for hydroxylation is 2. The number of rotatable bonds is 1. The van der Waals surface area contributed by atoms with E-state index >= 15 is 0 Å². The number of imidazole rings is 1. The Bertz CT molecular complexity index is 1040. The fourth-order valence-electron chi connectivity index (χ4n) is 3.78. The summed E-state index contributed by atoms with van der Waals surface area (Å²) in [4.78, 5) is 0. The zero-order valence-corrected chi connectivity index (χ0v) is 12.4. The lowest BCUT2D eigenvalue weighted by molar-refractivity contribution is 0.510. The van der Waals surface area contributed by atoms with Crippen molar-refractivity contribution in [3.63, 3.8) is 0 Å². The van der Waals surface area contributed by atoms with E-state index in [9.17, 15) is 8.78 Å². The van der Waals surface area contributed by atoms with Crippen LogP contribution in [0.1, 0.15) is 18.4 Å². The van der Waals surface area contributed by atoms with E-state index in [1.54, 1.807) is 12.3 Å². The normalized spacial score (nSPS) is 14.7. The number of aromatic nitrogens is 2. The molecule has 5 heteroatoms. The molecule has 23 heavy (non-hydrogen) atoms. The third kappa shape index (κ3) is 1.62. The fourth-order valence-corrected chi connectivity index (χ4v) is 3.78. The Morgan fingerprint density at radius 2 is 2.00 bits per heavy atom. The van der Waals surface area contributed by atoms with Gasteiger partial charge in [0.1, 0.15) is 16.9 Å². The molecule has 1 aromatic carbocycles. The molecule has 3 nitrogen and oxygen atoms in total. The standard InChI is InChI=1S/C18H14F2N2O/c19-13-6-7-14-17(16(13)20)21-8-2-1-4-11-12(10-22(14)18(11)21)15-5-3-9-23-15/h3,5-7,9-10H,1-2,4,8H2. The Morgan fingerprint density at radius 3 is 2.83 bits per heavy atom. The van der Waals surface area contributed by atoms with Crippen LogP contribution in [0.15, 0.2) is 41.1 Å². The second-order valence-corrected chi connectivity index (χ2v) is 6.03. The molecule has 116 valence electrons. The quantitative estimate of drug-likeness (QED) is 0.496. The lowest BCUT2D eigenvalue weighted by Gasteiger charge is -2.04. The number of hydrogen-bond donors (Lipinski definition) is 0. The highest BCUT2D eigenvalue weighted by atomic mass is 19.2. The largest absolute Gasteiger partial charge is 0.464 e. The van der Waals surface area contributed by atoms with Crippen LogP contribution >= 0.6 is 0 Å². The maximum atomic E-state index is 14.4. The molecule has 3 aromatic heterocycles. The zero-order valence-electron chi connectivity index (χ0n) is 12.4. The van der Waals surface area contributed by atoms with Crippen molar-refractivity contribution in [3.8, 4) is 11.3 Å². The fraction of sp³-hybridized carbons (Fsp3) is 0.222. The summed E-state index contributed by atoms with van der Waals surface area (Å²) in [6, 6.07) is 6.64. The summed E-state index contributed by atoms with van der Waals surface area (Å²) in [5.41, 5.74) is 4.18. The first-order chi connectivity index (χ1) is 11.3. The molecule has 4 heterocycles. The van der Waals surface area contributed by atoms with Crippen LogP contribution in [0.3, 0.4) is 0 Å². The Kier molecular flexibility index (Phi) is 2.52. The van der Waals surface area contributed by atoms with Gasteiger partial charge in [0.2, 0.25) is 0 Å². The Morgan fingerprint density at radius 1 is 1.09 bits per heavy atom. The molecule has 0 saturated heterocycles. The Labute approximate surface area is 130 Å². The smallest absolute Gasteiger partial charge is 0.184 e. The first-order valence-electron chi connectivity index (χ1n) is 7.79. The number of hydrogen-bond acceptors (Lipinski definition) is 1. The highest BCUT2D eigenvalue weighted by Gasteiger charge is 2.25. The maximum Gasteiger partial charge on any atom is 0.184 e. The van der Waals surface area contributed by atoms with Crippen molar-refractivity contribution < 1.29 is 13.2 Å². The molecule has 1 aliphatic rings. The van der Waals surface area contributed by atoms with Crippen molar-refractivity contribution in [2.75, 3.05) is 0 Å². The zero-order chi connectivity index (χ0) is 15.6. The molecule has 0 amide bonds. The van der Waals surface area contributed by atoms with E-state index in [4.69, 9.17) is 4.42 Å². The van der Waals surface area contributed by atoms with Crippen molar-refractivity contribution in [2.45, 2.75) is 25.8 Å². The summed E-state index contributed by atoms with van der Waals surface area (Å²) in [7, 11) is 0. The first-order valence-corrected chi connectivity index (χ1v) is 7.79. The van der Waals surface area contributed by atoms with Crippen molar-refractivity contribution >= 4 is 16.7 Å². The van der Waals surface area contributed by atoms with Crippen molar-refractivity contribution in [3.05, 3.63) is 53.9 Å². The van der Waals surface area contributed by atoms with Gasteiger partial charge >= 0.3 is 0 Å². The first kappa shape index (κ1) is 12.9. The second-order valence-electron chi connectivity index (χ2n) is 6.03. The summed E-state index contributed by atoms with van der Waals surface area (Å²) in [5, 5.41) is 0. The van der Waals surface area contributed by atoms with Gasteiger partial charge in [0.25, 0.3) is 0 Å². The van der Waals surface area contributed by atoms with Crippen molar-refractivity contribution in [1.82, 2.24) is 8.97 Å². The second kappa shape index (κ2) is 4.47. The molecule has 0 radical (unpaired) electrons. The molecule has 0 spiro atoms. The minimum atomic E-state index is -0.799. The molecule has 0 N–H and O–H groups in total. The number of nitrogens with zero attached hydrogens (tertiary/aromatic N) is 2. The van der Waals surface area contributed by atoms with Gasteiger partial charge in [0.15, 0.2) is 11.6 Å². The van der Waals surface area contributed by atoms with E-state index in [2.05, 4.69) is 0 Å². The molecule has 0 atom stereocenters. The van der Waals surface area contributed by atoms with Gasteiger partial charge in [-0.1, -0.05) is 0 Å². The van der Waals surface area contributed by atoms with Gasteiger partial charge in [-0.05, 0) is 43.5 Å². The van der Waals surface area contributed by atoms with Crippen LogP contribution in [-0.2, 0) is 13.0 Å². The van der Waals surface area contributed by atoms with Crippen LogP contribution < -0.4 is 0 Å². The topological polar surface area (TPSA) is 22.5 Å². The molecular formula is C18H14F2N2O. The average molecular weight is 312 g/mol. The predicted molar refractivity (Wildman–Crippen MR) is 83.4 cm³/mol. The summed E-state index contributed by atoms with van der Waals surface area (Å²) in [6.45, 7) is 0.696. The predicted octanol–water partition coefficient (Wildman–Crippen LogP) is 4.77. The minimum Gasteiger partial charge on any atom is -0.464 e. The van der Waals surface area contributed by atoms with Crippen LogP contribution in [0.4, 0.5) is 8.78 Å². The van der Waals surface area contributed by atoms with Gasteiger partial charge in [-0.15, -0.1) is 0 Å². The van der Waals surface area contributed by atoms with Crippen LogP contribution in [0.2, 0.25) is 0 Å². The van der Waals surface area contributed by atoms with E-state index < -0.39 is 11.6 Å². The van der Waals surface area contributed by atoms with Crippen LogP contribution in [0.5, 0.6) is 0 Å². The molecule has 0 saturated carbocycles. The minimum absolute atomic E-state index is 0.356. The summed E-state index contributed by atoms with van der Waals surface area (Å²) in [6.07, 6.45) is 6.51. The molecule has 5 rings (SSSR count). The molecule has 0 bridgehead atoms. The van der Waals surface area contributed by atoms with Gasteiger partial charge in [-0.2, -0.15) is 0 Å². The Hall–Kier alpha value is -2.56. The Balaban J connectivity index is 1.96. The van der Waals surface area contributed by atoms with Gasteiger partial charge in [-0.25, -0.2) is 8.78 Å². The van der Waals surface area contributed by atoms with E-state index in [0.717, 1.165) is 41.8 Å². The number of furan rings is 1. The number of benzene rings is 1. The number of fused-ring (bicyclic) bond motifs is 3. The third-order valence-corrected chi connectivity index (χ3v) is 4.76. The third-order valence-electron chi connectivity index (χ3n) is 4.76. The van der Waals surface area contributed by atoms with Gasteiger partial charge < -0.3 is 13.4 Å². The van der Waals surface area contributed by atoms with Gasteiger partial charge in [-0.3, -0.25) is 0 Å². The highest BCUT2D eigenvalue weighted by Crippen LogP contribution is 2.37. The molecule has 0 fully saturated rings. The van der Waals surface area contributed by atoms with Crippen LogP contribution in [0.25, 0.3) is 28.0 Å². The lowest BCUT2D eigenvalue weighted by Crippen LogP contribution is -1.99. The number of halogens is 2. The van der Waals surface area contributed by atoms with Crippen LogP contribution in [-0.4, -0.2) is 8.97 Å². The molecule has 0 unspecified atom stereocenters. The van der Waals surface area contributed by atoms with Gasteiger partial charge in [0, 0.05) is 23.9 Å². The van der Waals surface area contributed by atoms with Crippen molar-refractivity contribution in [2.24, 2.45) is 0 Å². The van der Waals surface area contributed by atoms with Crippen molar-refractivity contribution in [1.29, 1.82) is 0 Å².